The lowest BCUT2D eigenvalue weighted by molar-refractivity contribution is -0.137. The molecule has 2 aromatic rings. The number of hydrogen-bond donors (Lipinski definition) is 0. The van der Waals surface area contributed by atoms with Crippen LogP contribution in [0.4, 0.5) is 18.9 Å². The van der Waals surface area contributed by atoms with E-state index in [0.29, 0.717) is 18.8 Å². The molecule has 0 fully saturated rings. The van der Waals surface area contributed by atoms with Crippen LogP contribution in [-0.2, 0) is 12.6 Å². The highest BCUT2D eigenvalue weighted by Gasteiger charge is 2.30. The molecule has 0 unspecified atom stereocenters. The van der Waals surface area contributed by atoms with Gasteiger partial charge in [0.15, 0.2) is 5.75 Å². The molecule has 0 saturated heterocycles. The number of rotatable bonds is 2. The molecule has 0 atom stereocenters. The van der Waals surface area contributed by atoms with E-state index in [2.05, 4.69) is 20.9 Å². The van der Waals surface area contributed by atoms with Crippen molar-refractivity contribution in [3.63, 3.8) is 0 Å². The van der Waals surface area contributed by atoms with Crippen LogP contribution in [0.3, 0.4) is 0 Å². The van der Waals surface area contributed by atoms with Crippen LogP contribution >= 0.6 is 15.9 Å². The highest BCUT2D eigenvalue weighted by molar-refractivity contribution is 9.10. The zero-order chi connectivity index (χ0) is 15.7. The van der Waals surface area contributed by atoms with Crippen molar-refractivity contribution in [2.75, 3.05) is 6.61 Å². The van der Waals surface area contributed by atoms with Gasteiger partial charge < -0.3 is 4.74 Å². The van der Waals surface area contributed by atoms with Gasteiger partial charge in [0.1, 0.15) is 12.3 Å². The standard InChI is InChI=1S/C16H11BrF3NO/c17-13-2-1-3-14-15(13)22-9-12(21-14)8-10-4-6-11(7-5-10)16(18,19)20/h1-7H,8-9H2. The normalized spacial score (nSPS) is 14.1. The summed E-state index contributed by atoms with van der Waals surface area (Å²) in [7, 11) is 0. The summed E-state index contributed by atoms with van der Waals surface area (Å²) >= 11 is 3.39. The number of nitrogens with zero attached hydrogens (tertiary/aromatic N) is 1. The van der Waals surface area contributed by atoms with Gasteiger partial charge in [-0.05, 0) is 45.8 Å². The highest BCUT2D eigenvalue weighted by Crippen LogP contribution is 2.37. The van der Waals surface area contributed by atoms with Gasteiger partial charge in [0.2, 0.25) is 0 Å². The van der Waals surface area contributed by atoms with E-state index in [1.165, 1.54) is 12.1 Å². The number of aliphatic imine (C=N–C) groups is 1. The van der Waals surface area contributed by atoms with Gasteiger partial charge in [-0.1, -0.05) is 18.2 Å². The third kappa shape index (κ3) is 3.16. The SMILES string of the molecule is FC(F)(F)c1ccc(CC2=Nc3cccc(Br)c3OC2)cc1. The Morgan fingerprint density at radius 1 is 1.09 bits per heavy atom. The molecule has 6 heteroatoms. The molecular formula is C16H11BrF3NO. The number of alkyl halides is 3. The quantitative estimate of drug-likeness (QED) is 0.714. The molecule has 1 aliphatic rings. The predicted octanol–water partition coefficient (Wildman–Crippen LogP) is 5.18. The summed E-state index contributed by atoms with van der Waals surface area (Å²) in [5.41, 5.74) is 1.63. The number of benzene rings is 2. The first kappa shape index (κ1) is 15.1. The zero-order valence-corrected chi connectivity index (χ0v) is 12.9. The number of para-hydroxylation sites is 1. The molecule has 3 rings (SSSR count). The fourth-order valence-electron chi connectivity index (χ4n) is 2.22. The van der Waals surface area contributed by atoms with Crippen LogP contribution in [-0.4, -0.2) is 12.3 Å². The Morgan fingerprint density at radius 3 is 2.50 bits per heavy atom. The molecule has 1 heterocycles. The highest BCUT2D eigenvalue weighted by atomic mass is 79.9. The molecule has 0 spiro atoms. The van der Waals surface area contributed by atoms with Gasteiger partial charge in [0.05, 0.1) is 15.7 Å². The lowest BCUT2D eigenvalue weighted by Crippen LogP contribution is -2.17. The van der Waals surface area contributed by atoms with Crippen molar-refractivity contribution in [1.82, 2.24) is 0 Å². The Morgan fingerprint density at radius 2 is 1.82 bits per heavy atom. The van der Waals surface area contributed by atoms with E-state index >= 15 is 0 Å². The minimum Gasteiger partial charge on any atom is -0.484 e. The molecule has 0 radical (unpaired) electrons. The molecule has 0 aromatic heterocycles. The van der Waals surface area contributed by atoms with Crippen molar-refractivity contribution in [3.05, 3.63) is 58.1 Å². The minimum absolute atomic E-state index is 0.330. The molecule has 0 bridgehead atoms. The molecule has 22 heavy (non-hydrogen) atoms. The van der Waals surface area contributed by atoms with Crippen LogP contribution in [0.5, 0.6) is 5.75 Å². The molecular weight excluding hydrogens is 359 g/mol. The van der Waals surface area contributed by atoms with Crippen molar-refractivity contribution in [2.24, 2.45) is 4.99 Å². The largest absolute Gasteiger partial charge is 0.484 e. The summed E-state index contributed by atoms with van der Waals surface area (Å²) in [6, 6.07) is 10.7. The van der Waals surface area contributed by atoms with Crippen LogP contribution in [0.2, 0.25) is 0 Å². The Bertz CT molecular complexity index is 723. The van der Waals surface area contributed by atoms with Gasteiger partial charge >= 0.3 is 6.18 Å². The maximum atomic E-state index is 12.5. The summed E-state index contributed by atoms with van der Waals surface area (Å²) in [4.78, 5) is 4.51. The molecule has 2 nitrogen and oxygen atoms in total. The van der Waals surface area contributed by atoms with E-state index in [0.717, 1.165) is 33.6 Å². The van der Waals surface area contributed by atoms with Crippen molar-refractivity contribution < 1.29 is 17.9 Å². The zero-order valence-electron chi connectivity index (χ0n) is 11.3. The number of halogens is 4. The fourth-order valence-corrected chi connectivity index (χ4v) is 2.69. The summed E-state index contributed by atoms with van der Waals surface area (Å²) in [5.74, 6) is 0.693. The van der Waals surface area contributed by atoms with Crippen LogP contribution in [0.1, 0.15) is 11.1 Å². The van der Waals surface area contributed by atoms with Crippen LogP contribution < -0.4 is 4.74 Å². The molecule has 114 valence electrons. The first-order valence-corrected chi connectivity index (χ1v) is 7.36. The van der Waals surface area contributed by atoms with Crippen LogP contribution in [0.25, 0.3) is 0 Å². The Labute approximate surface area is 133 Å². The number of hydrogen-bond acceptors (Lipinski definition) is 2. The fraction of sp³-hybridized carbons (Fsp3) is 0.188. The smallest absolute Gasteiger partial charge is 0.416 e. The second-order valence-corrected chi connectivity index (χ2v) is 5.78. The van der Waals surface area contributed by atoms with Gasteiger partial charge in [-0.2, -0.15) is 13.2 Å². The summed E-state index contributed by atoms with van der Waals surface area (Å²) in [6.45, 7) is 0.330. The first-order valence-electron chi connectivity index (χ1n) is 6.57. The average molecular weight is 370 g/mol. The Hall–Kier alpha value is -1.82. The molecule has 0 amide bonds. The van der Waals surface area contributed by atoms with Crippen molar-refractivity contribution >= 4 is 27.3 Å². The molecule has 1 aliphatic heterocycles. The molecule has 2 aromatic carbocycles. The maximum Gasteiger partial charge on any atom is 0.416 e. The van der Waals surface area contributed by atoms with E-state index in [1.807, 2.05) is 18.2 Å². The summed E-state index contributed by atoms with van der Waals surface area (Å²) < 4.78 is 44.1. The third-order valence-electron chi connectivity index (χ3n) is 3.30. The summed E-state index contributed by atoms with van der Waals surface area (Å²) in [5, 5.41) is 0. The third-order valence-corrected chi connectivity index (χ3v) is 3.92. The van der Waals surface area contributed by atoms with E-state index in [9.17, 15) is 13.2 Å². The maximum absolute atomic E-state index is 12.5. The second-order valence-electron chi connectivity index (χ2n) is 4.93. The molecule has 0 aliphatic carbocycles. The van der Waals surface area contributed by atoms with Crippen molar-refractivity contribution in [1.29, 1.82) is 0 Å². The molecule has 0 N–H and O–H groups in total. The number of fused-ring (bicyclic) bond motifs is 1. The predicted molar refractivity (Wildman–Crippen MR) is 81.9 cm³/mol. The molecule has 0 saturated carbocycles. The monoisotopic (exact) mass is 369 g/mol. The lowest BCUT2D eigenvalue weighted by Gasteiger charge is -2.18. The van der Waals surface area contributed by atoms with Gasteiger partial charge in [-0.25, -0.2) is 4.99 Å². The van der Waals surface area contributed by atoms with E-state index in [4.69, 9.17) is 4.74 Å². The van der Waals surface area contributed by atoms with Crippen molar-refractivity contribution in [2.45, 2.75) is 12.6 Å². The van der Waals surface area contributed by atoms with Crippen LogP contribution in [0, 0.1) is 0 Å². The lowest BCUT2D eigenvalue weighted by atomic mass is 10.1. The average Bonchev–Trinajstić information content (AvgIpc) is 2.47. The van der Waals surface area contributed by atoms with E-state index < -0.39 is 11.7 Å². The van der Waals surface area contributed by atoms with Gasteiger partial charge in [-0.15, -0.1) is 0 Å². The summed E-state index contributed by atoms with van der Waals surface area (Å²) in [6.07, 6.45) is -3.85. The van der Waals surface area contributed by atoms with E-state index in [-0.39, 0.29) is 0 Å². The number of ether oxygens (including phenoxy) is 1. The Kier molecular flexibility index (Phi) is 3.95. The topological polar surface area (TPSA) is 21.6 Å². The van der Waals surface area contributed by atoms with Gasteiger partial charge in [0.25, 0.3) is 0 Å². The van der Waals surface area contributed by atoms with Gasteiger partial charge in [-0.3, -0.25) is 0 Å². The van der Waals surface area contributed by atoms with E-state index in [1.54, 1.807) is 0 Å². The van der Waals surface area contributed by atoms with Crippen LogP contribution in [0.15, 0.2) is 51.9 Å². The van der Waals surface area contributed by atoms with Gasteiger partial charge in [0, 0.05) is 6.42 Å². The Balaban J connectivity index is 1.80. The second kappa shape index (κ2) is 5.76. The first-order chi connectivity index (χ1) is 10.4. The van der Waals surface area contributed by atoms with Crippen molar-refractivity contribution in [3.8, 4) is 5.75 Å². The minimum atomic E-state index is -4.31.